The van der Waals surface area contributed by atoms with Crippen molar-refractivity contribution in [2.75, 3.05) is 44.5 Å². The topological polar surface area (TPSA) is 84.5 Å². The van der Waals surface area contributed by atoms with Gasteiger partial charge in [0.25, 0.3) is 0 Å². The van der Waals surface area contributed by atoms with Gasteiger partial charge in [-0.05, 0) is 29.5 Å². The predicted molar refractivity (Wildman–Crippen MR) is 164 cm³/mol. The Labute approximate surface area is 244 Å². The zero-order valence-electron chi connectivity index (χ0n) is 23.7. The predicted octanol–water partition coefficient (Wildman–Crippen LogP) is 5.26. The average molecular weight is 569 g/mol. The van der Waals surface area contributed by atoms with E-state index in [-0.39, 0.29) is 5.91 Å². The number of likely N-dealkylation sites (N-methyl/N-ethyl adjacent to an activating group) is 1. The molecule has 2 fully saturated rings. The summed E-state index contributed by atoms with van der Waals surface area (Å²) in [6.45, 7) is 4.04. The van der Waals surface area contributed by atoms with Crippen LogP contribution in [0.2, 0.25) is 0 Å². The van der Waals surface area contributed by atoms with Crippen LogP contribution in [0.5, 0.6) is 0 Å². The molecular formula is C33H36N4O3S. The van der Waals surface area contributed by atoms with Gasteiger partial charge in [-0.1, -0.05) is 65.8 Å². The number of aromatic amines is 1. The number of carbonyl (C=O) groups excluding carboxylic acids is 1. The fourth-order valence-corrected chi connectivity index (χ4v) is 8.02. The quantitative estimate of drug-likeness (QED) is 0.332. The molecule has 1 amide bonds. The summed E-state index contributed by atoms with van der Waals surface area (Å²) in [5, 5.41) is 1.38. The number of carbonyl (C=O) groups is 1. The maximum absolute atomic E-state index is 13.8. The molecule has 212 valence electrons. The van der Waals surface area contributed by atoms with Gasteiger partial charge in [0.15, 0.2) is 0 Å². The van der Waals surface area contributed by atoms with Crippen LogP contribution in [0, 0.1) is 0 Å². The normalized spacial score (nSPS) is 20.2. The molecule has 2 saturated heterocycles. The SMILES string of the molecule is CN1C(=O)C2(CCOCC2)c2c1cnc1[nH]c(-c3ccc(CN4CCC([S+](C)[O-])CC4)cc3)c(-c3ccccc3)c21. The molecule has 7 nitrogen and oxygen atoms in total. The van der Waals surface area contributed by atoms with Crippen molar-refractivity contribution in [3.8, 4) is 22.4 Å². The van der Waals surface area contributed by atoms with Gasteiger partial charge in [0.1, 0.15) is 10.9 Å². The van der Waals surface area contributed by atoms with Crippen molar-refractivity contribution in [2.45, 2.75) is 42.9 Å². The molecular weight excluding hydrogens is 532 g/mol. The average Bonchev–Trinajstić information content (AvgIpc) is 3.49. The summed E-state index contributed by atoms with van der Waals surface area (Å²) in [5.74, 6) is 0.144. The molecule has 2 aromatic heterocycles. The lowest BCUT2D eigenvalue weighted by molar-refractivity contribution is -0.126. The van der Waals surface area contributed by atoms with E-state index in [0.717, 1.165) is 77.1 Å². The molecule has 0 aliphatic carbocycles. The molecule has 5 heterocycles. The third-order valence-corrected chi connectivity index (χ3v) is 10.8. The number of aromatic nitrogens is 2. The van der Waals surface area contributed by atoms with Crippen molar-refractivity contribution >= 4 is 33.8 Å². The summed E-state index contributed by atoms with van der Waals surface area (Å²) in [4.78, 5) is 26.5. The molecule has 0 radical (unpaired) electrons. The molecule has 2 aromatic carbocycles. The Kier molecular flexibility index (Phi) is 6.90. The zero-order chi connectivity index (χ0) is 28.1. The Morgan fingerprint density at radius 1 is 1.05 bits per heavy atom. The maximum Gasteiger partial charge on any atom is 0.237 e. The van der Waals surface area contributed by atoms with Gasteiger partial charge in [0.05, 0.1) is 29.2 Å². The van der Waals surface area contributed by atoms with E-state index in [0.29, 0.717) is 31.3 Å². The summed E-state index contributed by atoms with van der Waals surface area (Å²) < 4.78 is 17.6. The van der Waals surface area contributed by atoms with E-state index in [1.54, 1.807) is 4.90 Å². The highest BCUT2D eigenvalue weighted by molar-refractivity contribution is 7.91. The van der Waals surface area contributed by atoms with Crippen molar-refractivity contribution in [1.82, 2.24) is 14.9 Å². The van der Waals surface area contributed by atoms with Crippen molar-refractivity contribution < 1.29 is 14.1 Å². The van der Waals surface area contributed by atoms with E-state index >= 15 is 0 Å². The largest absolute Gasteiger partial charge is 0.616 e. The number of rotatable bonds is 5. The molecule has 7 rings (SSSR count). The van der Waals surface area contributed by atoms with Gasteiger partial charge in [0, 0.05) is 69.3 Å². The summed E-state index contributed by atoms with van der Waals surface area (Å²) in [7, 11) is 1.87. The van der Waals surface area contributed by atoms with Gasteiger partial charge in [-0.3, -0.25) is 9.69 Å². The van der Waals surface area contributed by atoms with Gasteiger partial charge in [-0.2, -0.15) is 0 Å². The van der Waals surface area contributed by atoms with Gasteiger partial charge >= 0.3 is 0 Å². The number of anilines is 1. The Hall–Kier alpha value is -3.17. The van der Waals surface area contributed by atoms with Crippen LogP contribution in [0.3, 0.4) is 0 Å². The highest BCUT2D eigenvalue weighted by atomic mass is 32.2. The molecule has 1 unspecified atom stereocenters. The van der Waals surface area contributed by atoms with Gasteiger partial charge < -0.3 is 19.2 Å². The van der Waals surface area contributed by atoms with Crippen LogP contribution in [0.1, 0.15) is 36.8 Å². The number of H-pyrrole nitrogens is 1. The first kappa shape index (κ1) is 26.7. The third-order valence-electron chi connectivity index (χ3n) is 9.42. The second-order valence-electron chi connectivity index (χ2n) is 11.7. The summed E-state index contributed by atoms with van der Waals surface area (Å²) in [6.07, 6.45) is 7.04. The van der Waals surface area contributed by atoms with Crippen molar-refractivity contribution in [1.29, 1.82) is 0 Å². The summed E-state index contributed by atoms with van der Waals surface area (Å²) in [6, 6.07) is 19.3. The van der Waals surface area contributed by atoms with E-state index in [1.807, 2.05) is 25.6 Å². The van der Waals surface area contributed by atoms with E-state index in [9.17, 15) is 9.35 Å². The Balaban J connectivity index is 1.31. The van der Waals surface area contributed by atoms with Crippen LogP contribution in [0.15, 0.2) is 60.8 Å². The number of ether oxygens (including phenoxy) is 1. The first-order chi connectivity index (χ1) is 20.0. The number of fused-ring (bicyclic) bond motifs is 4. The molecule has 1 N–H and O–H groups in total. The number of hydrogen-bond acceptors (Lipinski definition) is 5. The van der Waals surface area contributed by atoms with E-state index in [2.05, 4.69) is 58.4 Å². The molecule has 4 aromatic rings. The van der Waals surface area contributed by atoms with Crippen LogP contribution >= 0.6 is 0 Å². The van der Waals surface area contributed by atoms with Crippen LogP contribution in [-0.4, -0.2) is 70.2 Å². The smallest absolute Gasteiger partial charge is 0.237 e. The van der Waals surface area contributed by atoms with Crippen molar-refractivity contribution in [2.24, 2.45) is 0 Å². The lowest BCUT2D eigenvalue weighted by atomic mass is 9.73. The number of nitrogens with zero attached hydrogens (tertiary/aromatic N) is 3. The maximum atomic E-state index is 13.8. The van der Waals surface area contributed by atoms with Gasteiger partial charge in [-0.15, -0.1) is 0 Å². The second kappa shape index (κ2) is 10.6. The summed E-state index contributed by atoms with van der Waals surface area (Å²) >= 11 is -0.734. The second-order valence-corrected chi connectivity index (χ2v) is 13.4. The number of nitrogens with one attached hydrogen (secondary N) is 1. The first-order valence-electron chi connectivity index (χ1n) is 14.6. The third kappa shape index (κ3) is 4.48. The molecule has 41 heavy (non-hydrogen) atoms. The van der Waals surface area contributed by atoms with E-state index in [4.69, 9.17) is 9.72 Å². The summed E-state index contributed by atoms with van der Waals surface area (Å²) in [5.41, 5.74) is 7.81. The fraction of sp³-hybridized carbons (Fsp3) is 0.394. The number of likely N-dealkylation sites (tertiary alicyclic amines) is 1. The van der Waals surface area contributed by atoms with Gasteiger partial charge in [0.2, 0.25) is 5.91 Å². The molecule has 3 aliphatic rings. The number of pyridine rings is 1. The van der Waals surface area contributed by atoms with Crippen LogP contribution < -0.4 is 4.90 Å². The number of piperidine rings is 1. The molecule has 1 spiro atoms. The molecule has 8 heteroatoms. The van der Waals surface area contributed by atoms with Crippen LogP contribution in [-0.2, 0) is 32.7 Å². The standard InChI is InChI=1S/C33H36N4O3S/c1-36-26-20-34-31-28(29(26)33(32(36)38)14-18-40-19-15-33)27(23-6-4-3-5-7-23)30(35-31)24-10-8-22(9-11-24)21-37-16-12-25(13-17-37)41(2)39/h3-11,20,25H,12-19,21H2,1-2H3,(H,34,35). The van der Waals surface area contributed by atoms with E-state index in [1.165, 1.54) is 5.56 Å². The van der Waals surface area contributed by atoms with Crippen LogP contribution in [0.4, 0.5) is 5.69 Å². The van der Waals surface area contributed by atoms with Gasteiger partial charge in [-0.25, -0.2) is 4.98 Å². The zero-order valence-corrected chi connectivity index (χ0v) is 24.5. The number of amides is 1. The molecule has 0 bridgehead atoms. The van der Waals surface area contributed by atoms with E-state index < -0.39 is 16.6 Å². The molecule has 3 aliphatic heterocycles. The number of benzene rings is 2. The van der Waals surface area contributed by atoms with Crippen molar-refractivity contribution in [3.05, 3.63) is 71.9 Å². The lowest BCUT2D eigenvalue weighted by Gasteiger charge is -2.32. The fourth-order valence-electron chi connectivity index (χ4n) is 7.15. The lowest BCUT2D eigenvalue weighted by Crippen LogP contribution is -2.43. The molecule has 1 atom stereocenters. The highest BCUT2D eigenvalue weighted by Gasteiger charge is 2.52. The Morgan fingerprint density at radius 2 is 1.76 bits per heavy atom. The minimum absolute atomic E-state index is 0.144. The van der Waals surface area contributed by atoms with Crippen LogP contribution in [0.25, 0.3) is 33.4 Å². The minimum Gasteiger partial charge on any atom is -0.616 e. The first-order valence-corrected chi connectivity index (χ1v) is 16.2. The molecule has 0 saturated carbocycles. The number of hydrogen-bond donors (Lipinski definition) is 1. The minimum atomic E-state index is -0.734. The highest BCUT2D eigenvalue weighted by Crippen LogP contribution is 2.53. The van der Waals surface area contributed by atoms with Crippen molar-refractivity contribution in [3.63, 3.8) is 0 Å². The Bertz CT molecular complexity index is 1570. The Morgan fingerprint density at radius 3 is 2.44 bits per heavy atom. The monoisotopic (exact) mass is 568 g/mol.